The molecule has 0 aliphatic carbocycles. The van der Waals surface area contributed by atoms with Gasteiger partial charge in [-0.1, -0.05) is 35.5 Å². The molecule has 0 saturated carbocycles. The molecule has 4 aromatic rings. The van der Waals surface area contributed by atoms with Crippen LogP contribution in [-0.2, 0) is 6.61 Å². The Morgan fingerprint density at radius 2 is 1.80 bits per heavy atom. The highest BCUT2D eigenvalue weighted by molar-refractivity contribution is 6.09. The number of hydrogen-bond donors (Lipinski definition) is 1. The number of amides is 1. The van der Waals surface area contributed by atoms with Crippen LogP contribution in [0.5, 0.6) is 11.5 Å². The molecule has 0 atom stereocenters. The molecule has 0 aliphatic rings. The van der Waals surface area contributed by atoms with Crippen LogP contribution in [0.15, 0.2) is 59.1 Å². The molecule has 0 radical (unpaired) electrons. The molecule has 7 nitrogen and oxygen atoms in total. The zero-order valence-corrected chi connectivity index (χ0v) is 16.9. The van der Waals surface area contributed by atoms with Crippen LogP contribution in [0, 0.1) is 13.8 Å². The van der Waals surface area contributed by atoms with Crippen LogP contribution in [0.25, 0.3) is 10.8 Å². The van der Waals surface area contributed by atoms with E-state index in [2.05, 4.69) is 15.5 Å². The van der Waals surface area contributed by atoms with Crippen molar-refractivity contribution in [2.75, 3.05) is 12.4 Å². The fraction of sp³-hybridized carbons (Fsp3) is 0.174. The fourth-order valence-corrected chi connectivity index (χ4v) is 3.16. The number of aromatic nitrogens is 2. The Labute approximate surface area is 173 Å². The van der Waals surface area contributed by atoms with Crippen molar-refractivity contribution in [2.45, 2.75) is 20.5 Å². The summed E-state index contributed by atoms with van der Waals surface area (Å²) in [5.41, 5.74) is 2.00. The van der Waals surface area contributed by atoms with Gasteiger partial charge in [0.05, 0.1) is 18.4 Å². The lowest BCUT2D eigenvalue weighted by Crippen LogP contribution is -2.14. The number of methoxy groups -OCH3 is 1. The summed E-state index contributed by atoms with van der Waals surface area (Å²) >= 11 is 0. The molecule has 30 heavy (non-hydrogen) atoms. The Hall–Kier alpha value is -3.87. The predicted molar refractivity (Wildman–Crippen MR) is 113 cm³/mol. The van der Waals surface area contributed by atoms with Gasteiger partial charge in [-0.25, -0.2) is 0 Å². The Kier molecular flexibility index (Phi) is 5.34. The summed E-state index contributed by atoms with van der Waals surface area (Å²) < 4.78 is 16.4. The maximum absolute atomic E-state index is 13.2. The van der Waals surface area contributed by atoms with Gasteiger partial charge in [0.15, 0.2) is 12.4 Å². The van der Waals surface area contributed by atoms with Crippen molar-refractivity contribution in [1.29, 1.82) is 0 Å². The Bertz CT molecular complexity index is 1220. The van der Waals surface area contributed by atoms with Gasteiger partial charge in [0.25, 0.3) is 11.8 Å². The smallest absolute Gasteiger partial charge is 0.264 e. The fourth-order valence-electron chi connectivity index (χ4n) is 3.16. The maximum atomic E-state index is 13.2. The molecule has 0 spiro atoms. The SMILES string of the molecule is COc1ccc(C)cc1NC(=O)c1cc2ccccc2cc1OCc1nc(C)no1. The first-order valence-electron chi connectivity index (χ1n) is 9.44. The van der Waals surface area contributed by atoms with Gasteiger partial charge in [0.2, 0.25) is 0 Å². The highest BCUT2D eigenvalue weighted by Crippen LogP contribution is 2.30. The molecule has 0 unspecified atom stereocenters. The third kappa shape index (κ3) is 4.10. The minimum Gasteiger partial charge on any atom is -0.495 e. The van der Waals surface area contributed by atoms with Crippen LogP contribution in [0.4, 0.5) is 5.69 Å². The van der Waals surface area contributed by atoms with E-state index in [1.807, 2.05) is 55.5 Å². The van der Waals surface area contributed by atoms with Crippen LogP contribution in [0.2, 0.25) is 0 Å². The normalized spacial score (nSPS) is 10.8. The van der Waals surface area contributed by atoms with Gasteiger partial charge in [-0.15, -0.1) is 0 Å². The molecular formula is C23H21N3O4. The summed E-state index contributed by atoms with van der Waals surface area (Å²) in [5, 5.41) is 8.58. The lowest BCUT2D eigenvalue weighted by Gasteiger charge is -2.14. The van der Waals surface area contributed by atoms with Crippen molar-refractivity contribution in [3.63, 3.8) is 0 Å². The van der Waals surface area contributed by atoms with E-state index in [0.29, 0.717) is 34.5 Å². The predicted octanol–water partition coefficient (Wildman–Crippen LogP) is 4.68. The number of carbonyl (C=O) groups excluding carboxylic acids is 1. The Balaban J connectivity index is 1.68. The van der Waals surface area contributed by atoms with Crippen LogP contribution >= 0.6 is 0 Å². The highest BCUT2D eigenvalue weighted by Gasteiger charge is 2.17. The molecule has 1 N–H and O–H groups in total. The number of fused-ring (bicyclic) bond motifs is 1. The standard InChI is InChI=1S/C23H21N3O4/c1-14-8-9-20(28-3)19(10-14)25-23(27)18-11-16-6-4-5-7-17(16)12-21(18)29-13-22-24-15(2)26-30-22/h4-12H,13H2,1-3H3,(H,25,27). The molecule has 1 aromatic heterocycles. The van der Waals surface area contributed by atoms with E-state index in [4.69, 9.17) is 14.0 Å². The van der Waals surface area contributed by atoms with Gasteiger partial charge in [-0.2, -0.15) is 4.98 Å². The van der Waals surface area contributed by atoms with Gasteiger partial charge >= 0.3 is 0 Å². The summed E-state index contributed by atoms with van der Waals surface area (Å²) in [5.74, 6) is 1.57. The Morgan fingerprint density at radius 3 is 2.50 bits per heavy atom. The lowest BCUT2D eigenvalue weighted by atomic mass is 10.0. The first kappa shape index (κ1) is 19.4. The first-order chi connectivity index (χ1) is 14.5. The van der Waals surface area contributed by atoms with E-state index in [1.165, 1.54) is 0 Å². The van der Waals surface area contributed by atoms with Crippen molar-refractivity contribution < 1.29 is 18.8 Å². The zero-order chi connectivity index (χ0) is 21.1. The van der Waals surface area contributed by atoms with Crippen molar-refractivity contribution in [3.8, 4) is 11.5 Å². The van der Waals surface area contributed by atoms with Gasteiger partial charge < -0.3 is 19.3 Å². The lowest BCUT2D eigenvalue weighted by molar-refractivity contribution is 0.102. The molecule has 3 aromatic carbocycles. The maximum Gasteiger partial charge on any atom is 0.264 e. The number of hydrogen-bond acceptors (Lipinski definition) is 6. The van der Waals surface area contributed by atoms with E-state index in [9.17, 15) is 4.79 Å². The second-order valence-electron chi connectivity index (χ2n) is 6.88. The summed E-state index contributed by atoms with van der Waals surface area (Å²) in [6.45, 7) is 3.75. The molecule has 7 heteroatoms. The highest BCUT2D eigenvalue weighted by atomic mass is 16.5. The molecule has 152 valence electrons. The van der Waals surface area contributed by atoms with Crippen LogP contribution in [0.3, 0.4) is 0 Å². The van der Waals surface area contributed by atoms with Gasteiger partial charge in [0, 0.05) is 0 Å². The van der Waals surface area contributed by atoms with Crippen molar-refractivity contribution in [3.05, 3.63) is 77.4 Å². The monoisotopic (exact) mass is 403 g/mol. The number of rotatable bonds is 6. The summed E-state index contributed by atoms with van der Waals surface area (Å²) in [4.78, 5) is 17.3. The van der Waals surface area contributed by atoms with Crippen LogP contribution < -0.4 is 14.8 Å². The van der Waals surface area contributed by atoms with Gasteiger partial charge in [-0.3, -0.25) is 4.79 Å². The zero-order valence-electron chi connectivity index (χ0n) is 16.9. The number of benzene rings is 3. The van der Waals surface area contributed by atoms with Crippen LogP contribution in [0.1, 0.15) is 27.6 Å². The van der Waals surface area contributed by atoms with Crippen molar-refractivity contribution in [2.24, 2.45) is 0 Å². The minimum absolute atomic E-state index is 0.0627. The molecule has 0 bridgehead atoms. The number of nitrogens with one attached hydrogen (secondary N) is 1. The molecule has 1 heterocycles. The molecule has 4 rings (SSSR count). The van der Waals surface area contributed by atoms with Crippen LogP contribution in [-0.4, -0.2) is 23.2 Å². The molecule has 0 fully saturated rings. The topological polar surface area (TPSA) is 86.5 Å². The average Bonchev–Trinajstić information content (AvgIpc) is 3.17. The first-order valence-corrected chi connectivity index (χ1v) is 9.44. The molecule has 1 amide bonds. The van der Waals surface area contributed by atoms with E-state index >= 15 is 0 Å². The molecule has 0 aliphatic heterocycles. The number of carbonyl (C=O) groups is 1. The average molecular weight is 403 g/mol. The van der Waals surface area contributed by atoms with Gasteiger partial charge in [0.1, 0.15) is 11.5 Å². The number of anilines is 1. The number of nitrogens with zero attached hydrogens (tertiary/aromatic N) is 2. The largest absolute Gasteiger partial charge is 0.495 e. The third-order valence-corrected chi connectivity index (χ3v) is 4.62. The quantitative estimate of drug-likeness (QED) is 0.503. The number of aryl methyl sites for hydroxylation is 2. The van der Waals surface area contributed by atoms with E-state index in [-0.39, 0.29) is 12.5 Å². The summed E-state index contributed by atoms with van der Waals surface area (Å²) in [6, 6.07) is 17.0. The van der Waals surface area contributed by atoms with E-state index in [1.54, 1.807) is 20.1 Å². The second kappa shape index (κ2) is 8.24. The van der Waals surface area contributed by atoms with Crippen molar-refractivity contribution >= 4 is 22.4 Å². The van der Waals surface area contributed by atoms with Gasteiger partial charge in [-0.05, 0) is 54.4 Å². The van der Waals surface area contributed by atoms with Crippen molar-refractivity contribution in [1.82, 2.24) is 10.1 Å². The minimum atomic E-state index is -0.304. The summed E-state index contributed by atoms with van der Waals surface area (Å²) in [7, 11) is 1.57. The third-order valence-electron chi connectivity index (χ3n) is 4.62. The molecule has 0 saturated heterocycles. The Morgan fingerprint density at radius 1 is 1.03 bits per heavy atom. The van der Waals surface area contributed by atoms with E-state index < -0.39 is 0 Å². The second-order valence-corrected chi connectivity index (χ2v) is 6.88. The van der Waals surface area contributed by atoms with E-state index in [0.717, 1.165) is 16.3 Å². The summed E-state index contributed by atoms with van der Waals surface area (Å²) in [6.07, 6.45) is 0. The molecular weight excluding hydrogens is 382 g/mol. The number of ether oxygens (including phenoxy) is 2.